The molecule has 0 radical (unpaired) electrons. The first-order valence-electron chi connectivity index (χ1n) is 9.54. The first-order valence-corrected chi connectivity index (χ1v) is 10.8. The Morgan fingerprint density at radius 2 is 2.00 bits per heavy atom. The summed E-state index contributed by atoms with van der Waals surface area (Å²) >= 11 is 7.53. The molecule has 2 aromatic rings. The molecule has 0 spiro atoms. The summed E-state index contributed by atoms with van der Waals surface area (Å²) < 4.78 is 0. The summed E-state index contributed by atoms with van der Waals surface area (Å²) in [7, 11) is 2.29. The predicted molar refractivity (Wildman–Crippen MR) is 118 cm³/mol. The topological polar surface area (TPSA) is 19.7 Å². The first-order chi connectivity index (χ1) is 12.6. The Hall–Kier alpha value is -1.43. The number of thiophene rings is 1. The molecule has 0 saturated carbocycles. The zero-order valence-electron chi connectivity index (χ0n) is 16.3. The summed E-state index contributed by atoms with van der Waals surface area (Å²) in [6.45, 7) is 8.67. The van der Waals surface area contributed by atoms with Crippen LogP contribution in [0.15, 0.2) is 41.8 Å². The molecule has 1 unspecified atom stereocenters. The average Bonchev–Trinajstić information content (AvgIpc) is 3.12. The van der Waals surface area contributed by atoms with Gasteiger partial charge in [0, 0.05) is 23.5 Å². The van der Waals surface area contributed by atoms with Crippen molar-refractivity contribution in [2.45, 2.75) is 39.7 Å². The van der Waals surface area contributed by atoms with Gasteiger partial charge in [0.15, 0.2) is 5.11 Å². The summed E-state index contributed by atoms with van der Waals surface area (Å²) in [4.78, 5) is 5.27. The van der Waals surface area contributed by atoms with Crippen LogP contribution < -0.4 is 10.2 Å². The Labute approximate surface area is 168 Å². The number of thiocarbonyl (C=S) groups is 1. The molecular formula is C21H32N3S2+. The lowest BCUT2D eigenvalue weighted by atomic mass is 10.2. The normalized spacial score (nSPS) is 12.0. The number of unbranched alkanes of at least 4 members (excludes halogenated alkanes) is 1. The zero-order valence-corrected chi connectivity index (χ0v) is 17.9. The monoisotopic (exact) mass is 390 g/mol. The van der Waals surface area contributed by atoms with E-state index in [1.54, 1.807) is 16.2 Å². The van der Waals surface area contributed by atoms with Crippen LogP contribution >= 0.6 is 23.6 Å². The van der Waals surface area contributed by atoms with Gasteiger partial charge in [0.1, 0.15) is 0 Å². The number of benzene rings is 1. The molecule has 0 bridgehead atoms. The molecule has 1 aromatic heterocycles. The highest BCUT2D eigenvalue weighted by molar-refractivity contribution is 7.80. The molecule has 0 amide bonds. The van der Waals surface area contributed by atoms with Crippen LogP contribution in [0.25, 0.3) is 0 Å². The van der Waals surface area contributed by atoms with Crippen molar-refractivity contribution >= 4 is 34.4 Å². The van der Waals surface area contributed by atoms with Crippen molar-refractivity contribution in [3.05, 3.63) is 52.2 Å². The van der Waals surface area contributed by atoms with Crippen LogP contribution in [0.4, 0.5) is 5.69 Å². The molecule has 3 nitrogen and oxygen atoms in total. The van der Waals surface area contributed by atoms with E-state index in [0.717, 1.165) is 30.3 Å². The van der Waals surface area contributed by atoms with Crippen molar-refractivity contribution < 1.29 is 4.90 Å². The van der Waals surface area contributed by atoms with Crippen LogP contribution in [0.2, 0.25) is 0 Å². The van der Waals surface area contributed by atoms with Crippen LogP contribution in [0, 0.1) is 6.92 Å². The van der Waals surface area contributed by atoms with Crippen LogP contribution in [0.5, 0.6) is 0 Å². The lowest BCUT2D eigenvalue weighted by molar-refractivity contribution is -0.880. The van der Waals surface area contributed by atoms with Gasteiger partial charge >= 0.3 is 0 Å². The minimum absolute atomic E-state index is 0.815. The smallest absolute Gasteiger partial charge is 0.173 e. The Morgan fingerprint density at radius 3 is 2.69 bits per heavy atom. The third kappa shape index (κ3) is 7.44. The van der Waals surface area contributed by atoms with E-state index in [0.29, 0.717) is 0 Å². The molecule has 1 aromatic carbocycles. The highest BCUT2D eigenvalue weighted by atomic mass is 32.1. The van der Waals surface area contributed by atoms with Gasteiger partial charge in [-0.25, -0.2) is 0 Å². The minimum Gasteiger partial charge on any atom is -0.344 e. The third-order valence-electron chi connectivity index (χ3n) is 4.47. The molecule has 1 heterocycles. The number of quaternary nitrogens is 1. The van der Waals surface area contributed by atoms with Gasteiger partial charge in [-0.3, -0.25) is 0 Å². The summed E-state index contributed by atoms with van der Waals surface area (Å²) in [6, 6.07) is 12.7. The second-order valence-electron chi connectivity index (χ2n) is 6.96. The number of hydrogen-bond acceptors (Lipinski definition) is 2. The molecule has 2 N–H and O–H groups in total. The highest BCUT2D eigenvalue weighted by Crippen LogP contribution is 2.15. The van der Waals surface area contributed by atoms with Crippen LogP contribution in [0.1, 0.15) is 36.6 Å². The Balaban J connectivity index is 1.92. The molecule has 0 aliphatic rings. The molecule has 0 aliphatic heterocycles. The lowest BCUT2D eigenvalue weighted by Crippen LogP contribution is -3.09. The Morgan fingerprint density at radius 1 is 1.19 bits per heavy atom. The largest absolute Gasteiger partial charge is 0.344 e. The number of rotatable bonds is 10. The standard InChI is InChI=1S/C21H31N3S2/c1-4-5-12-23(3)13-8-14-24(17-20-11-7-15-26-20)21(25)22-19-10-6-9-18(2)16-19/h6-7,9-11,15-16H,4-5,8,12-14,17H2,1-3H3,(H,22,25)/p+1. The van der Waals surface area contributed by atoms with Gasteiger partial charge in [0.25, 0.3) is 0 Å². The Kier molecular flexibility index (Phi) is 9.09. The number of hydrogen-bond donors (Lipinski definition) is 2. The lowest BCUT2D eigenvalue weighted by Gasteiger charge is -2.26. The van der Waals surface area contributed by atoms with Gasteiger partial charge in [0.2, 0.25) is 0 Å². The van der Waals surface area contributed by atoms with E-state index < -0.39 is 0 Å². The van der Waals surface area contributed by atoms with Gasteiger partial charge in [-0.15, -0.1) is 11.3 Å². The molecule has 5 heteroatoms. The van der Waals surface area contributed by atoms with E-state index in [9.17, 15) is 0 Å². The van der Waals surface area contributed by atoms with Crippen molar-refractivity contribution in [1.29, 1.82) is 0 Å². The van der Waals surface area contributed by atoms with Gasteiger partial charge in [0.05, 0.1) is 26.7 Å². The third-order valence-corrected chi connectivity index (χ3v) is 5.69. The van der Waals surface area contributed by atoms with Crippen molar-refractivity contribution in [1.82, 2.24) is 4.90 Å². The molecule has 26 heavy (non-hydrogen) atoms. The van der Waals surface area contributed by atoms with E-state index in [-0.39, 0.29) is 0 Å². The zero-order chi connectivity index (χ0) is 18.8. The van der Waals surface area contributed by atoms with Crippen molar-refractivity contribution in [2.75, 3.05) is 32.0 Å². The fourth-order valence-corrected chi connectivity index (χ4v) is 3.94. The van der Waals surface area contributed by atoms with Crippen LogP contribution in [-0.2, 0) is 6.54 Å². The van der Waals surface area contributed by atoms with Gasteiger partial charge in [-0.2, -0.15) is 0 Å². The molecule has 0 aliphatic carbocycles. The van der Waals surface area contributed by atoms with Crippen molar-refractivity contribution in [3.63, 3.8) is 0 Å². The van der Waals surface area contributed by atoms with Gasteiger partial charge in [-0.1, -0.05) is 31.5 Å². The summed E-state index contributed by atoms with van der Waals surface area (Å²) in [6.07, 6.45) is 3.72. The van der Waals surface area contributed by atoms with E-state index >= 15 is 0 Å². The number of nitrogens with zero attached hydrogens (tertiary/aromatic N) is 1. The van der Waals surface area contributed by atoms with E-state index in [2.05, 4.69) is 72.9 Å². The molecule has 0 saturated heterocycles. The van der Waals surface area contributed by atoms with E-state index in [4.69, 9.17) is 12.2 Å². The highest BCUT2D eigenvalue weighted by Gasteiger charge is 2.13. The molecule has 1 atom stereocenters. The fraction of sp³-hybridized carbons (Fsp3) is 0.476. The fourth-order valence-electron chi connectivity index (χ4n) is 2.94. The van der Waals surface area contributed by atoms with E-state index in [1.807, 2.05) is 0 Å². The summed E-state index contributed by atoms with van der Waals surface area (Å²) in [5.74, 6) is 0. The summed E-state index contributed by atoms with van der Waals surface area (Å²) in [5, 5.41) is 6.37. The molecular weight excluding hydrogens is 358 g/mol. The van der Waals surface area contributed by atoms with Gasteiger partial charge < -0.3 is 15.1 Å². The van der Waals surface area contributed by atoms with Crippen molar-refractivity contribution in [2.24, 2.45) is 0 Å². The maximum absolute atomic E-state index is 5.74. The van der Waals surface area contributed by atoms with Crippen molar-refractivity contribution in [3.8, 4) is 0 Å². The molecule has 142 valence electrons. The number of nitrogens with one attached hydrogen (secondary N) is 2. The quantitative estimate of drug-likeness (QED) is 0.599. The summed E-state index contributed by atoms with van der Waals surface area (Å²) in [5.41, 5.74) is 2.31. The molecule has 2 rings (SSSR count). The average molecular weight is 391 g/mol. The predicted octanol–water partition coefficient (Wildman–Crippen LogP) is 3.96. The molecule has 0 fully saturated rings. The SMILES string of the molecule is CCCC[NH+](C)CCCN(Cc1cccs1)C(=S)Nc1cccc(C)c1. The maximum atomic E-state index is 5.74. The number of aryl methyl sites for hydroxylation is 1. The second kappa shape index (κ2) is 11.3. The van der Waals surface area contributed by atoms with Crippen LogP contribution in [0.3, 0.4) is 0 Å². The number of anilines is 1. The van der Waals surface area contributed by atoms with Crippen LogP contribution in [-0.4, -0.2) is 36.7 Å². The second-order valence-corrected chi connectivity index (χ2v) is 8.38. The van der Waals surface area contributed by atoms with Gasteiger partial charge in [-0.05, 0) is 54.7 Å². The van der Waals surface area contributed by atoms with E-state index in [1.165, 1.54) is 36.4 Å². The Bertz CT molecular complexity index is 655. The maximum Gasteiger partial charge on any atom is 0.173 e. The minimum atomic E-state index is 0.815. The first kappa shape index (κ1) is 20.9.